The summed E-state index contributed by atoms with van der Waals surface area (Å²) in [7, 11) is 6.01. The zero-order chi connectivity index (χ0) is 48.3. The monoisotopic (exact) mass is 934 g/mol. The number of aromatic nitrogens is 5. The third kappa shape index (κ3) is 8.39. The number of halogens is 1. The van der Waals surface area contributed by atoms with Crippen molar-refractivity contribution in [2.24, 2.45) is 23.7 Å². The van der Waals surface area contributed by atoms with Crippen molar-refractivity contribution in [3.63, 3.8) is 0 Å². The molecule has 5 aromatic rings. The van der Waals surface area contributed by atoms with Crippen LogP contribution in [0.1, 0.15) is 89.8 Å². The highest BCUT2D eigenvalue weighted by Gasteiger charge is 2.52. The van der Waals surface area contributed by atoms with Crippen molar-refractivity contribution in [2.75, 3.05) is 41.4 Å². The zero-order valence-corrected chi connectivity index (χ0v) is 39.6. The maximum absolute atomic E-state index is 16.9. The molecule has 3 aromatic heterocycles. The van der Waals surface area contributed by atoms with E-state index in [-0.39, 0.29) is 53.5 Å². The number of hydrogen-bond donors (Lipinski definition) is 4. The summed E-state index contributed by atoms with van der Waals surface area (Å²) in [6, 6.07) is 8.93. The van der Waals surface area contributed by atoms with E-state index in [0.29, 0.717) is 72.3 Å². The van der Waals surface area contributed by atoms with E-state index in [4.69, 9.17) is 19.2 Å². The maximum Gasteiger partial charge on any atom is 0.407 e. The zero-order valence-electron chi connectivity index (χ0n) is 39.6. The molecule has 1 aliphatic carbocycles. The van der Waals surface area contributed by atoms with Crippen molar-refractivity contribution in [3.8, 4) is 39.5 Å². The molecule has 4 aliphatic rings. The van der Waals surface area contributed by atoms with Gasteiger partial charge < -0.3 is 54.1 Å². The van der Waals surface area contributed by atoms with E-state index in [2.05, 4.69) is 25.6 Å². The minimum absolute atomic E-state index is 0.00637. The van der Waals surface area contributed by atoms with Gasteiger partial charge in [-0.15, -0.1) is 0 Å². The van der Waals surface area contributed by atoms with Crippen molar-refractivity contribution < 1.29 is 42.6 Å². The van der Waals surface area contributed by atoms with E-state index in [1.165, 1.54) is 20.3 Å². The van der Waals surface area contributed by atoms with E-state index < -0.39 is 36.3 Å². The molecule has 360 valence electrons. The second-order valence-electron chi connectivity index (χ2n) is 19.2. The Morgan fingerprint density at radius 3 is 1.88 bits per heavy atom. The number of carbonyl (C=O) groups excluding carboxylic acids is 5. The van der Waals surface area contributed by atoms with Crippen LogP contribution >= 0.6 is 0 Å². The first kappa shape index (κ1) is 46.2. The van der Waals surface area contributed by atoms with Crippen molar-refractivity contribution in [3.05, 3.63) is 66.3 Å². The predicted octanol–water partition coefficient (Wildman–Crippen LogP) is 6.93. The number of ether oxygens (including phenoxy) is 3. The lowest BCUT2D eigenvalue weighted by Gasteiger charge is -2.31. The summed E-state index contributed by atoms with van der Waals surface area (Å²) in [6.07, 6.45) is 4.92. The van der Waals surface area contributed by atoms with Gasteiger partial charge in [0.15, 0.2) is 6.23 Å². The van der Waals surface area contributed by atoms with E-state index in [0.717, 1.165) is 35.0 Å². The number of H-pyrrole nitrogens is 2. The normalized spacial score (nSPS) is 21.5. The molecule has 68 heavy (non-hydrogen) atoms. The standard InChI is InChI=1S/C49H59FN10O8/c1-24(2)40(55-48(64)66-7)45(62)58-15-9-11-35(58)42-51-22-32(53-42)26-13-14-34-28(17-26)19-37-39-31(50)18-27(20-38(39)68-47(60(34)37)30-21-29(30)44(61)57(5)6)33-23-52-43(54-33)36-12-10-16-59(36)46(63)41(25(3)4)56-49(65)67-8/h13-14,17-20,22-25,29-30,35-36,40-41,47H,9-12,15-16,21H2,1-8H3,(H,51,53)(H,52,54)(H,55,64)(H,56,65)/t29?,30?,35-,36-,40-,41-,47?/m0/s1. The minimum atomic E-state index is -0.786. The van der Waals surface area contributed by atoms with Gasteiger partial charge in [-0.25, -0.2) is 23.9 Å². The number of nitrogens with one attached hydrogen (secondary N) is 4. The maximum atomic E-state index is 16.9. The third-order valence-corrected chi connectivity index (χ3v) is 13.9. The van der Waals surface area contributed by atoms with E-state index in [1.54, 1.807) is 47.3 Å². The fraction of sp³-hybridized carbons (Fsp3) is 0.490. The van der Waals surface area contributed by atoms with Crippen LogP contribution in [0.2, 0.25) is 0 Å². The Bertz CT molecular complexity index is 2780. The number of alkyl carbamates (subject to hydrolysis) is 2. The van der Waals surface area contributed by atoms with Gasteiger partial charge in [0.1, 0.15) is 35.3 Å². The molecule has 5 amide bonds. The van der Waals surface area contributed by atoms with Crippen LogP contribution in [0.25, 0.3) is 44.7 Å². The second kappa shape index (κ2) is 18.3. The fourth-order valence-corrected chi connectivity index (χ4v) is 10.2. The molecule has 3 unspecified atom stereocenters. The van der Waals surface area contributed by atoms with Crippen molar-refractivity contribution in [1.82, 2.24) is 49.8 Å². The van der Waals surface area contributed by atoms with E-state index >= 15 is 4.39 Å². The van der Waals surface area contributed by atoms with Crippen molar-refractivity contribution in [1.29, 1.82) is 0 Å². The summed E-state index contributed by atoms with van der Waals surface area (Å²) in [5.41, 5.74) is 4.34. The molecular formula is C49H59FN10O8. The number of aromatic amines is 2. The lowest BCUT2D eigenvalue weighted by Crippen LogP contribution is -2.51. The molecule has 2 aromatic carbocycles. The van der Waals surface area contributed by atoms with Crippen molar-refractivity contribution in [2.45, 2.75) is 90.2 Å². The summed E-state index contributed by atoms with van der Waals surface area (Å²) in [4.78, 5) is 86.4. The van der Waals surface area contributed by atoms with Crippen LogP contribution in [0.15, 0.2) is 48.8 Å². The second-order valence-corrected chi connectivity index (χ2v) is 19.2. The number of fused-ring (bicyclic) bond motifs is 5. The summed E-state index contributed by atoms with van der Waals surface area (Å²) >= 11 is 0. The minimum Gasteiger partial charge on any atom is -0.469 e. The lowest BCUT2D eigenvalue weighted by atomic mass is 10.0. The van der Waals surface area contributed by atoms with Gasteiger partial charge in [-0.2, -0.15) is 0 Å². The molecule has 3 fully saturated rings. The number of imidazole rings is 2. The Balaban J connectivity index is 1.02. The Kier molecular flexibility index (Phi) is 12.4. The first-order chi connectivity index (χ1) is 32.6. The first-order valence-electron chi connectivity index (χ1n) is 23.4. The van der Waals surface area contributed by atoms with Crippen molar-refractivity contribution >= 4 is 40.8 Å². The average molecular weight is 935 g/mol. The van der Waals surface area contributed by atoms with Gasteiger partial charge in [-0.1, -0.05) is 33.8 Å². The molecule has 9 rings (SSSR count). The average Bonchev–Trinajstić information content (AvgIpc) is 3.98. The molecule has 1 saturated carbocycles. The summed E-state index contributed by atoms with van der Waals surface area (Å²) in [5, 5.41) is 6.20. The molecule has 0 spiro atoms. The van der Waals surface area contributed by atoms with Gasteiger partial charge in [-0.05, 0) is 74.3 Å². The number of nitrogens with zero attached hydrogens (tertiary/aromatic N) is 6. The predicted molar refractivity (Wildman–Crippen MR) is 248 cm³/mol. The van der Waals surface area contributed by atoms with Gasteiger partial charge in [0.05, 0.1) is 66.9 Å². The number of methoxy groups -OCH3 is 2. The quantitative estimate of drug-likeness (QED) is 0.101. The van der Waals surface area contributed by atoms with Gasteiger partial charge in [-0.3, -0.25) is 14.4 Å². The number of carbonyl (C=O) groups is 5. The highest BCUT2D eigenvalue weighted by atomic mass is 19.1. The SMILES string of the molecule is COC(=O)N[C@H](C(=O)N1CCC[C@H]1c1ncc(-c2cc(F)c3c(c2)OC(C2CC2C(=O)N(C)C)n2c-3cc3cc(-c4cnc([C@@H]5CCCN5C(=O)[C@@H](NC(=O)OC)C(C)C)[nH]4)ccc32)[nH]1)C(C)C. The molecule has 7 atom stereocenters. The van der Waals surface area contributed by atoms with Gasteiger partial charge in [0.2, 0.25) is 17.7 Å². The Labute approximate surface area is 393 Å². The number of hydrogen-bond acceptors (Lipinski definition) is 10. The van der Waals surface area contributed by atoms with Crippen LogP contribution in [0, 0.1) is 29.5 Å². The summed E-state index contributed by atoms with van der Waals surface area (Å²) < 4.78 is 35.2. The third-order valence-electron chi connectivity index (χ3n) is 13.9. The fourth-order valence-electron chi connectivity index (χ4n) is 10.2. The largest absolute Gasteiger partial charge is 0.469 e. The topological polar surface area (TPSA) is 209 Å². The van der Waals surface area contributed by atoms with E-state index in [9.17, 15) is 24.0 Å². The van der Waals surface area contributed by atoms with E-state index in [1.807, 2.05) is 56.5 Å². The molecule has 19 heteroatoms. The van der Waals surface area contributed by atoms with Crippen LogP contribution in [0.5, 0.6) is 5.75 Å². The summed E-state index contributed by atoms with van der Waals surface area (Å²) in [6.45, 7) is 8.49. The molecule has 4 N–H and O–H groups in total. The molecule has 0 bridgehead atoms. The molecular weight excluding hydrogens is 876 g/mol. The van der Waals surface area contributed by atoms with Gasteiger partial charge in [0.25, 0.3) is 0 Å². The lowest BCUT2D eigenvalue weighted by molar-refractivity contribution is -0.136. The Morgan fingerprint density at radius 2 is 1.35 bits per heavy atom. The van der Waals surface area contributed by atoms with Crippen LogP contribution in [0.3, 0.4) is 0 Å². The Morgan fingerprint density at radius 1 is 0.794 bits per heavy atom. The molecule has 0 radical (unpaired) electrons. The molecule has 18 nitrogen and oxygen atoms in total. The number of rotatable bonds is 12. The number of likely N-dealkylation sites (tertiary alicyclic amines) is 2. The smallest absolute Gasteiger partial charge is 0.407 e. The highest BCUT2D eigenvalue weighted by molar-refractivity contribution is 5.93. The van der Waals surface area contributed by atoms with Crippen LogP contribution < -0.4 is 15.4 Å². The van der Waals surface area contributed by atoms with Crippen LogP contribution in [-0.2, 0) is 23.9 Å². The van der Waals surface area contributed by atoms with Crippen LogP contribution in [0.4, 0.5) is 14.0 Å². The Hall–Kier alpha value is -6.92. The first-order valence-corrected chi connectivity index (χ1v) is 23.4. The molecule has 3 aliphatic heterocycles. The van der Waals surface area contributed by atoms with Gasteiger partial charge >= 0.3 is 12.2 Å². The summed E-state index contributed by atoms with van der Waals surface area (Å²) in [5.74, 6) is -0.192. The number of amides is 5. The molecule has 6 heterocycles. The number of benzene rings is 2. The van der Waals surface area contributed by atoms with Gasteiger partial charge in [0, 0.05) is 55.5 Å². The molecule has 2 saturated heterocycles. The van der Waals surface area contributed by atoms with Crippen LogP contribution in [-0.4, -0.2) is 123 Å². The highest BCUT2D eigenvalue weighted by Crippen LogP contribution is 2.55.